The topological polar surface area (TPSA) is 46.9 Å². The fourth-order valence-electron chi connectivity index (χ4n) is 2.05. The summed E-state index contributed by atoms with van der Waals surface area (Å²) in [5, 5.41) is 3.40. The SMILES string of the molecule is Cn1cnc2cc(C(=O)Nc3cccc(Cl)c3)ccc21. The largest absolute Gasteiger partial charge is 0.334 e. The Labute approximate surface area is 121 Å². The maximum Gasteiger partial charge on any atom is 0.255 e. The zero-order valence-corrected chi connectivity index (χ0v) is 11.6. The lowest BCUT2D eigenvalue weighted by atomic mass is 10.2. The summed E-state index contributed by atoms with van der Waals surface area (Å²) >= 11 is 5.89. The fourth-order valence-corrected chi connectivity index (χ4v) is 2.24. The van der Waals surface area contributed by atoms with Crippen LogP contribution in [0.15, 0.2) is 48.8 Å². The average molecular weight is 286 g/mol. The average Bonchev–Trinajstić information content (AvgIpc) is 2.80. The molecule has 0 aliphatic carbocycles. The lowest BCUT2D eigenvalue weighted by molar-refractivity contribution is 0.102. The van der Waals surface area contributed by atoms with E-state index in [0.717, 1.165) is 11.0 Å². The maximum absolute atomic E-state index is 12.2. The van der Waals surface area contributed by atoms with E-state index in [0.29, 0.717) is 16.3 Å². The number of aromatic nitrogens is 2. The van der Waals surface area contributed by atoms with Gasteiger partial charge in [0.2, 0.25) is 0 Å². The predicted octanol–water partition coefficient (Wildman–Crippen LogP) is 3.48. The molecule has 2 aromatic carbocycles. The molecule has 1 N–H and O–H groups in total. The first kappa shape index (κ1) is 12.7. The summed E-state index contributed by atoms with van der Waals surface area (Å²) < 4.78 is 1.91. The van der Waals surface area contributed by atoms with Crippen molar-refractivity contribution in [3.63, 3.8) is 0 Å². The number of aryl methyl sites for hydroxylation is 1. The molecule has 0 aliphatic heterocycles. The molecular formula is C15H12ClN3O. The van der Waals surface area contributed by atoms with Gasteiger partial charge >= 0.3 is 0 Å². The van der Waals surface area contributed by atoms with E-state index < -0.39 is 0 Å². The van der Waals surface area contributed by atoms with Crippen molar-refractivity contribution >= 4 is 34.2 Å². The van der Waals surface area contributed by atoms with Crippen LogP contribution in [-0.2, 0) is 7.05 Å². The zero-order chi connectivity index (χ0) is 14.1. The quantitative estimate of drug-likeness (QED) is 0.783. The molecule has 0 unspecified atom stereocenters. The van der Waals surface area contributed by atoms with Gasteiger partial charge in [0.15, 0.2) is 0 Å². The first-order chi connectivity index (χ1) is 9.63. The van der Waals surface area contributed by atoms with Gasteiger partial charge in [-0.25, -0.2) is 4.98 Å². The van der Waals surface area contributed by atoms with Gasteiger partial charge in [0.1, 0.15) is 0 Å². The minimum absolute atomic E-state index is 0.181. The van der Waals surface area contributed by atoms with Gasteiger partial charge in [0.25, 0.3) is 5.91 Å². The lowest BCUT2D eigenvalue weighted by Gasteiger charge is -2.05. The summed E-state index contributed by atoms with van der Waals surface area (Å²) in [6.45, 7) is 0. The number of fused-ring (bicyclic) bond motifs is 1. The zero-order valence-electron chi connectivity index (χ0n) is 10.8. The summed E-state index contributed by atoms with van der Waals surface area (Å²) in [7, 11) is 1.92. The van der Waals surface area contributed by atoms with Crippen LogP contribution in [0.2, 0.25) is 5.02 Å². The molecule has 4 nitrogen and oxygen atoms in total. The summed E-state index contributed by atoms with van der Waals surface area (Å²) in [6, 6.07) is 12.5. The Morgan fingerprint density at radius 2 is 2.10 bits per heavy atom. The van der Waals surface area contributed by atoms with Gasteiger partial charge < -0.3 is 9.88 Å². The molecule has 0 radical (unpaired) electrons. The van der Waals surface area contributed by atoms with Gasteiger partial charge in [-0.1, -0.05) is 17.7 Å². The van der Waals surface area contributed by atoms with Crippen LogP contribution in [0, 0.1) is 0 Å². The molecule has 0 saturated heterocycles. The highest BCUT2D eigenvalue weighted by Gasteiger charge is 2.09. The third kappa shape index (κ3) is 2.38. The molecule has 1 amide bonds. The van der Waals surface area contributed by atoms with E-state index in [4.69, 9.17) is 11.6 Å². The van der Waals surface area contributed by atoms with Crippen molar-refractivity contribution < 1.29 is 4.79 Å². The second kappa shape index (κ2) is 4.98. The van der Waals surface area contributed by atoms with Crippen LogP contribution in [0.5, 0.6) is 0 Å². The first-order valence-electron chi connectivity index (χ1n) is 6.11. The Balaban J connectivity index is 1.88. The number of benzene rings is 2. The summed E-state index contributed by atoms with van der Waals surface area (Å²) in [5.41, 5.74) is 3.02. The first-order valence-corrected chi connectivity index (χ1v) is 6.49. The molecule has 1 aromatic heterocycles. The normalized spacial score (nSPS) is 10.7. The van der Waals surface area contributed by atoms with E-state index in [1.54, 1.807) is 42.7 Å². The van der Waals surface area contributed by atoms with Gasteiger partial charge in [-0.3, -0.25) is 4.79 Å². The molecule has 1 heterocycles. The third-order valence-corrected chi connectivity index (χ3v) is 3.31. The molecule has 0 bridgehead atoms. The van der Waals surface area contributed by atoms with Crippen LogP contribution < -0.4 is 5.32 Å². The number of carbonyl (C=O) groups excluding carboxylic acids is 1. The predicted molar refractivity (Wildman–Crippen MR) is 80.1 cm³/mol. The standard InChI is InChI=1S/C15H12ClN3O/c1-19-9-17-13-7-10(5-6-14(13)19)15(20)18-12-4-2-3-11(16)8-12/h2-9H,1H3,(H,18,20). The van der Waals surface area contributed by atoms with Crippen LogP contribution in [0.4, 0.5) is 5.69 Å². The van der Waals surface area contributed by atoms with E-state index in [2.05, 4.69) is 10.3 Å². The molecule has 5 heteroatoms. The van der Waals surface area contributed by atoms with Crippen molar-refractivity contribution in [1.82, 2.24) is 9.55 Å². The Bertz CT molecular complexity index is 795. The second-order valence-corrected chi connectivity index (χ2v) is 4.96. The van der Waals surface area contributed by atoms with Gasteiger partial charge in [-0.2, -0.15) is 0 Å². The van der Waals surface area contributed by atoms with Crippen LogP contribution in [0.1, 0.15) is 10.4 Å². The van der Waals surface area contributed by atoms with Crippen LogP contribution in [-0.4, -0.2) is 15.5 Å². The van der Waals surface area contributed by atoms with E-state index in [1.807, 2.05) is 17.7 Å². The summed E-state index contributed by atoms with van der Waals surface area (Å²) in [5.74, 6) is -0.181. The minimum atomic E-state index is -0.181. The van der Waals surface area contributed by atoms with Crippen molar-refractivity contribution in [3.05, 3.63) is 59.4 Å². The number of rotatable bonds is 2. The molecule has 100 valence electrons. The number of imidazole rings is 1. The van der Waals surface area contributed by atoms with E-state index in [-0.39, 0.29) is 5.91 Å². The lowest BCUT2D eigenvalue weighted by Crippen LogP contribution is -2.11. The number of halogens is 1. The smallest absolute Gasteiger partial charge is 0.255 e. The Hall–Kier alpha value is -2.33. The minimum Gasteiger partial charge on any atom is -0.334 e. The Kier molecular flexibility index (Phi) is 3.16. The molecule has 3 aromatic rings. The molecule has 0 saturated carbocycles. The molecule has 0 aliphatic rings. The van der Waals surface area contributed by atoms with Crippen molar-refractivity contribution in [1.29, 1.82) is 0 Å². The summed E-state index contributed by atoms with van der Waals surface area (Å²) in [6.07, 6.45) is 1.73. The molecule has 3 rings (SSSR count). The molecule has 0 atom stereocenters. The highest BCUT2D eigenvalue weighted by atomic mass is 35.5. The monoisotopic (exact) mass is 285 g/mol. The molecular weight excluding hydrogens is 274 g/mol. The Morgan fingerprint density at radius 1 is 1.25 bits per heavy atom. The number of carbonyl (C=O) groups is 1. The second-order valence-electron chi connectivity index (χ2n) is 4.52. The highest BCUT2D eigenvalue weighted by molar-refractivity contribution is 6.31. The number of amides is 1. The molecule has 20 heavy (non-hydrogen) atoms. The van der Waals surface area contributed by atoms with Gasteiger partial charge in [-0.05, 0) is 36.4 Å². The highest BCUT2D eigenvalue weighted by Crippen LogP contribution is 2.18. The van der Waals surface area contributed by atoms with Gasteiger partial charge in [0.05, 0.1) is 17.4 Å². The summed E-state index contributed by atoms with van der Waals surface area (Å²) in [4.78, 5) is 16.4. The van der Waals surface area contributed by atoms with Gasteiger partial charge in [0, 0.05) is 23.3 Å². The van der Waals surface area contributed by atoms with Crippen molar-refractivity contribution in [2.45, 2.75) is 0 Å². The van der Waals surface area contributed by atoms with Crippen LogP contribution in [0.3, 0.4) is 0 Å². The molecule has 0 fully saturated rings. The number of nitrogens with zero attached hydrogens (tertiary/aromatic N) is 2. The Morgan fingerprint density at radius 3 is 2.90 bits per heavy atom. The van der Waals surface area contributed by atoms with Crippen molar-refractivity contribution in [2.24, 2.45) is 7.05 Å². The maximum atomic E-state index is 12.2. The van der Waals surface area contributed by atoms with E-state index >= 15 is 0 Å². The van der Waals surface area contributed by atoms with Crippen molar-refractivity contribution in [3.8, 4) is 0 Å². The van der Waals surface area contributed by atoms with E-state index in [1.165, 1.54) is 0 Å². The third-order valence-electron chi connectivity index (χ3n) is 3.07. The van der Waals surface area contributed by atoms with Gasteiger partial charge in [-0.15, -0.1) is 0 Å². The molecule has 0 spiro atoms. The number of nitrogens with one attached hydrogen (secondary N) is 1. The number of hydrogen-bond acceptors (Lipinski definition) is 2. The van der Waals surface area contributed by atoms with E-state index in [9.17, 15) is 4.79 Å². The van der Waals surface area contributed by atoms with Crippen LogP contribution in [0.25, 0.3) is 11.0 Å². The number of anilines is 1. The van der Waals surface area contributed by atoms with Crippen molar-refractivity contribution in [2.75, 3.05) is 5.32 Å². The van der Waals surface area contributed by atoms with Crippen LogP contribution >= 0.6 is 11.6 Å². The number of hydrogen-bond donors (Lipinski definition) is 1. The fraction of sp³-hybridized carbons (Fsp3) is 0.0667.